The van der Waals surface area contributed by atoms with Gasteiger partial charge in [0.15, 0.2) is 5.17 Å². The molecular formula is C23H18ClN3O3S. The van der Waals surface area contributed by atoms with Crippen molar-refractivity contribution in [2.75, 3.05) is 7.11 Å². The molecule has 1 amide bonds. The summed E-state index contributed by atoms with van der Waals surface area (Å²) in [5.74, 6) is 1.26. The number of thioether (sulfide) groups is 1. The van der Waals surface area contributed by atoms with E-state index in [4.69, 9.17) is 20.8 Å². The number of carbonyl (C=O) groups is 1. The summed E-state index contributed by atoms with van der Waals surface area (Å²) in [5, 5.41) is 9.58. The van der Waals surface area contributed by atoms with Gasteiger partial charge in [0.05, 0.1) is 31.0 Å². The topological polar surface area (TPSA) is 67.4 Å². The Balaban J connectivity index is 1.59. The van der Waals surface area contributed by atoms with Crippen molar-refractivity contribution < 1.29 is 13.9 Å². The van der Waals surface area contributed by atoms with Gasteiger partial charge < -0.3 is 9.15 Å². The molecule has 2 heterocycles. The highest BCUT2D eigenvalue weighted by Gasteiger charge is 2.34. The second-order valence-electron chi connectivity index (χ2n) is 6.53. The maximum absolute atomic E-state index is 13.1. The lowest BCUT2D eigenvalue weighted by Crippen LogP contribution is -2.28. The van der Waals surface area contributed by atoms with E-state index in [1.165, 1.54) is 11.8 Å². The van der Waals surface area contributed by atoms with Crippen molar-refractivity contribution >= 4 is 46.7 Å². The van der Waals surface area contributed by atoms with E-state index in [-0.39, 0.29) is 12.5 Å². The number of methoxy groups -OCH3 is 1. The zero-order chi connectivity index (χ0) is 21.6. The van der Waals surface area contributed by atoms with Crippen LogP contribution < -0.4 is 4.74 Å². The predicted octanol–water partition coefficient (Wildman–Crippen LogP) is 5.45. The highest BCUT2D eigenvalue weighted by molar-refractivity contribution is 8.18. The molecule has 0 bridgehead atoms. The minimum absolute atomic E-state index is 0.155. The second-order valence-corrected chi connectivity index (χ2v) is 7.98. The van der Waals surface area contributed by atoms with Crippen LogP contribution in [0.15, 0.2) is 86.5 Å². The summed E-state index contributed by atoms with van der Waals surface area (Å²) in [7, 11) is 1.61. The third kappa shape index (κ3) is 5.25. The lowest BCUT2D eigenvalue weighted by molar-refractivity contribution is -0.122. The third-order valence-electron chi connectivity index (χ3n) is 4.42. The van der Waals surface area contributed by atoms with E-state index in [1.807, 2.05) is 48.5 Å². The number of amides is 1. The number of halogens is 1. The van der Waals surface area contributed by atoms with Gasteiger partial charge in [0.1, 0.15) is 11.5 Å². The Labute approximate surface area is 188 Å². The number of amidine groups is 1. The van der Waals surface area contributed by atoms with E-state index < -0.39 is 0 Å². The first kappa shape index (κ1) is 21.0. The van der Waals surface area contributed by atoms with Crippen LogP contribution in [0, 0.1) is 0 Å². The normalized spacial score (nSPS) is 16.7. The fourth-order valence-electron chi connectivity index (χ4n) is 2.83. The summed E-state index contributed by atoms with van der Waals surface area (Å²) in [6.07, 6.45) is 5.02. The monoisotopic (exact) mass is 451 g/mol. The zero-order valence-electron chi connectivity index (χ0n) is 16.6. The Morgan fingerprint density at radius 3 is 2.52 bits per heavy atom. The molecule has 8 heteroatoms. The minimum Gasteiger partial charge on any atom is -0.497 e. The molecule has 0 spiro atoms. The quantitative estimate of drug-likeness (QED) is 0.284. The van der Waals surface area contributed by atoms with Crippen LogP contribution in [-0.2, 0) is 11.3 Å². The number of hydrogen-bond acceptors (Lipinski definition) is 6. The molecule has 0 saturated carbocycles. The zero-order valence-corrected chi connectivity index (χ0v) is 18.1. The minimum atomic E-state index is -0.155. The van der Waals surface area contributed by atoms with Gasteiger partial charge in [-0.1, -0.05) is 35.9 Å². The van der Waals surface area contributed by atoms with Crippen molar-refractivity contribution in [1.82, 2.24) is 4.90 Å². The molecule has 0 N–H and O–H groups in total. The van der Waals surface area contributed by atoms with Gasteiger partial charge in [-0.15, -0.1) is 5.10 Å². The van der Waals surface area contributed by atoms with Gasteiger partial charge in [-0.3, -0.25) is 9.69 Å². The molecule has 4 rings (SSSR count). The molecule has 1 aliphatic heterocycles. The Kier molecular flexibility index (Phi) is 6.54. The van der Waals surface area contributed by atoms with E-state index in [0.29, 0.717) is 20.9 Å². The number of hydrogen-bond donors (Lipinski definition) is 0. The molecule has 31 heavy (non-hydrogen) atoms. The summed E-state index contributed by atoms with van der Waals surface area (Å²) >= 11 is 7.18. The SMILES string of the molecule is COc1ccc(/C=C2\S/C(=N/N=C\c3ccc(Cl)cc3)N(Cc3ccco3)C2=O)cc1. The highest BCUT2D eigenvalue weighted by Crippen LogP contribution is 2.34. The predicted molar refractivity (Wildman–Crippen MR) is 124 cm³/mol. The first-order chi connectivity index (χ1) is 15.1. The number of rotatable bonds is 6. The Morgan fingerprint density at radius 1 is 1.10 bits per heavy atom. The van der Waals surface area contributed by atoms with Gasteiger partial charge in [-0.25, -0.2) is 0 Å². The van der Waals surface area contributed by atoms with Crippen molar-refractivity contribution in [2.24, 2.45) is 10.2 Å². The molecule has 1 fully saturated rings. The Bertz CT molecular complexity index is 1140. The third-order valence-corrected chi connectivity index (χ3v) is 5.66. The summed E-state index contributed by atoms with van der Waals surface area (Å²) in [6.45, 7) is 0.272. The number of benzene rings is 2. The maximum Gasteiger partial charge on any atom is 0.267 e. The molecule has 0 aliphatic carbocycles. The highest BCUT2D eigenvalue weighted by atomic mass is 35.5. The van der Waals surface area contributed by atoms with Gasteiger partial charge >= 0.3 is 0 Å². The second kappa shape index (κ2) is 9.68. The Morgan fingerprint density at radius 2 is 1.84 bits per heavy atom. The number of ether oxygens (including phenoxy) is 1. The van der Waals surface area contributed by atoms with Crippen LogP contribution in [0.4, 0.5) is 0 Å². The molecule has 0 atom stereocenters. The van der Waals surface area contributed by atoms with Crippen molar-refractivity contribution in [2.45, 2.75) is 6.54 Å². The number of carbonyl (C=O) groups excluding carboxylic acids is 1. The first-order valence-corrected chi connectivity index (χ1v) is 10.6. The molecule has 156 valence electrons. The molecular weight excluding hydrogens is 434 g/mol. The van der Waals surface area contributed by atoms with Crippen LogP contribution in [0.3, 0.4) is 0 Å². The summed E-state index contributed by atoms with van der Waals surface area (Å²) < 4.78 is 10.6. The van der Waals surface area contributed by atoms with E-state index >= 15 is 0 Å². The lowest BCUT2D eigenvalue weighted by Gasteiger charge is -2.12. The van der Waals surface area contributed by atoms with Gasteiger partial charge in [-0.2, -0.15) is 5.10 Å². The van der Waals surface area contributed by atoms with Crippen LogP contribution in [-0.4, -0.2) is 29.3 Å². The fraction of sp³-hybridized carbons (Fsp3) is 0.0870. The van der Waals surface area contributed by atoms with E-state index in [2.05, 4.69) is 10.2 Å². The van der Waals surface area contributed by atoms with Gasteiger partial charge in [-0.05, 0) is 65.4 Å². The maximum atomic E-state index is 13.1. The molecule has 1 aliphatic rings. The largest absolute Gasteiger partial charge is 0.497 e. The van der Waals surface area contributed by atoms with E-state index in [9.17, 15) is 4.79 Å². The average Bonchev–Trinajstić information content (AvgIpc) is 3.40. The summed E-state index contributed by atoms with van der Waals surface area (Å²) in [4.78, 5) is 15.2. The molecule has 6 nitrogen and oxygen atoms in total. The van der Waals surface area contributed by atoms with Gasteiger partial charge in [0, 0.05) is 5.02 Å². The molecule has 1 saturated heterocycles. The first-order valence-electron chi connectivity index (χ1n) is 9.37. The van der Waals surface area contributed by atoms with Crippen LogP contribution in [0.2, 0.25) is 5.02 Å². The molecule has 0 unspecified atom stereocenters. The van der Waals surface area contributed by atoms with Crippen LogP contribution in [0.25, 0.3) is 6.08 Å². The van der Waals surface area contributed by atoms with Gasteiger partial charge in [0.25, 0.3) is 5.91 Å². The number of furan rings is 1. The van der Waals surface area contributed by atoms with Gasteiger partial charge in [0.2, 0.25) is 0 Å². The van der Waals surface area contributed by atoms with Crippen LogP contribution in [0.1, 0.15) is 16.9 Å². The van der Waals surface area contributed by atoms with Crippen LogP contribution >= 0.6 is 23.4 Å². The van der Waals surface area contributed by atoms with Crippen molar-refractivity contribution in [3.63, 3.8) is 0 Å². The van der Waals surface area contributed by atoms with Crippen molar-refractivity contribution in [1.29, 1.82) is 0 Å². The van der Waals surface area contributed by atoms with Crippen molar-refractivity contribution in [3.05, 3.63) is 93.7 Å². The molecule has 3 aromatic rings. The smallest absolute Gasteiger partial charge is 0.267 e. The van der Waals surface area contributed by atoms with E-state index in [1.54, 1.807) is 42.7 Å². The standard InChI is InChI=1S/C23H18ClN3O3S/c1-29-19-10-6-16(7-11-19)13-21-22(28)27(15-20-3-2-12-30-20)23(31-21)26-25-14-17-4-8-18(24)9-5-17/h2-14H,15H2,1H3/b21-13-,25-14-,26-23+. The Hall–Kier alpha value is -3.29. The summed E-state index contributed by atoms with van der Waals surface area (Å²) in [5.41, 5.74) is 1.75. The van der Waals surface area contributed by atoms with Crippen LogP contribution in [0.5, 0.6) is 5.75 Å². The molecule has 0 radical (unpaired) electrons. The molecule has 1 aromatic heterocycles. The number of nitrogens with zero attached hydrogens (tertiary/aromatic N) is 3. The summed E-state index contributed by atoms with van der Waals surface area (Å²) in [6, 6.07) is 18.3. The lowest BCUT2D eigenvalue weighted by atomic mass is 10.2. The fourth-order valence-corrected chi connectivity index (χ4v) is 3.89. The molecule has 2 aromatic carbocycles. The van der Waals surface area contributed by atoms with Crippen molar-refractivity contribution in [3.8, 4) is 5.75 Å². The average molecular weight is 452 g/mol. The van der Waals surface area contributed by atoms with E-state index in [0.717, 1.165) is 16.9 Å².